The maximum atomic E-state index is 11.9. The number of hydrogen-bond acceptors (Lipinski definition) is 3. The minimum Gasteiger partial charge on any atom is -0.399 e. The van der Waals surface area contributed by atoms with Gasteiger partial charge in [-0.3, -0.25) is 4.79 Å². The summed E-state index contributed by atoms with van der Waals surface area (Å²) in [5, 5.41) is 2.11. The summed E-state index contributed by atoms with van der Waals surface area (Å²) in [7, 11) is 0. The average molecular weight is 309 g/mol. The standard InChI is InChI=1S/C15H16N2OS.ClH/c1-10(18)17-8-6-14-13(7-9-19-14)15(17)11-2-4-12(16)5-3-11;/h2-5,7,9,15H,6,8,16H2,1H3;1H. The van der Waals surface area contributed by atoms with Gasteiger partial charge < -0.3 is 10.6 Å². The van der Waals surface area contributed by atoms with Crippen molar-refractivity contribution < 1.29 is 4.79 Å². The molecule has 3 rings (SSSR count). The summed E-state index contributed by atoms with van der Waals surface area (Å²) in [6.07, 6.45) is 0.956. The van der Waals surface area contributed by atoms with Crippen LogP contribution in [0.2, 0.25) is 0 Å². The quantitative estimate of drug-likeness (QED) is 0.822. The van der Waals surface area contributed by atoms with Gasteiger partial charge in [0.25, 0.3) is 0 Å². The third kappa shape index (κ3) is 2.53. The number of halogens is 1. The number of anilines is 1. The van der Waals surface area contributed by atoms with E-state index in [1.165, 1.54) is 10.4 Å². The van der Waals surface area contributed by atoms with Gasteiger partial charge in [-0.15, -0.1) is 23.7 Å². The van der Waals surface area contributed by atoms with Crippen molar-refractivity contribution in [2.45, 2.75) is 19.4 Å². The van der Waals surface area contributed by atoms with E-state index in [4.69, 9.17) is 5.73 Å². The van der Waals surface area contributed by atoms with Crippen LogP contribution < -0.4 is 5.73 Å². The number of carbonyl (C=O) groups excluding carboxylic acids is 1. The number of benzene rings is 1. The fraction of sp³-hybridized carbons (Fsp3) is 0.267. The summed E-state index contributed by atoms with van der Waals surface area (Å²) in [4.78, 5) is 15.2. The lowest BCUT2D eigenvalue weighted by Gasteiger charge is -2.35. The van der Waals surface area contributed by atoms with Gasteiger partial charge in [-0.2, -0.15) is 0 Å². The number of fused-ring (bicyclic) bond motifs is 1. The van der Waals surface area contributed by atoms with E-state index in [-0.39, 0.29) is 24.4 Å². The number of nitrogens with zero attached hydrogens (tertiary/aromatic N) is 1. The summed E-state index contributed by atoms with van der Waals surface area (Å²) in [5.41, 5.74) is 8.89. The van der Waals surface area contributed by atoms with E-state index in [9.17, 15) is 4.79 Å². The van der Waals surface area contributed by atoms with Gasteiger partial charge >= 0.3 is 0 Å². The first kappa shape index (κ1) is 14.9. The predicted molar refractivity (Wildman–Crippen MR) is 85.4 cm³/mol. The molecule has 1 aromatic carbocycles. The predicted octanol–water partition coefficient (Wildman–Crippen LogP) is 3.25. The smallest absolute Gasteiger partial charge is 0.220 e. The van der Waals surface area contributed by atoms with Gasteiger partial charge in [0.2, 0.25) is 5.91 Å². The van der Waals surface area contributed by atoms with Crippen LogP contribution >= 0.6 is 23.7 Å². The molecule has 0 radical (unpaired) electrons. The molecular weight excluding hydrogens is 292 g/mol. The summed E-state index contributed by atoms with van der Waals surface area (Å²) in [5.74, 6) is 0.124. The lowest BCUT2D eigenvalue weighted by molar-refractivity contribution is -0.130. The van der Waals surface area contributed by atoms with Crippen LogP contribution in [-0.2, 0) is 11.2 Å². The summed E-state index contributed by atoms with van der Waals surface area (Å²) in [6, 6.07) is 10.00. The Labute approximate surface area is 128 Å². The van der Waals surface area contributed by atoms with Crippen molar-refractivity contribution in [1.29, 1.82) is 0 Å². The van der Waals surface area contributed by atoms with Crippen molar-refractivity contribution >= 4 is 35.3 Å². The molecule has 1 aromatic heterocycles. The number of nitrogen functional groups attached to an aromatic ring is 1. The largest absolute Gasteiger partial charge is 0.399 e. The Hall–Kier alpha value is -1.52. The second-order valence-electron chi connectivity index (χ2n) is 4.83. The zero-order valence-electron chi connectivity index (χ0n) is 11.2. The first-order valence-corrected chi connectivity index (χ1v) is 7.23. The van der Waals surface area contributed by atoms with Crippen molar-refractivity contribution in [2.24, 2.45) is 0 Å². The Bertz CT molecular complexity index is 609. The number of amides is 1. The topological polar surface area (TPSA) is 46.3 Å². The molecule has 3 nitrogen and oxygen atoms in total. The second-order valence-corrected chi connectivity index (χ2v) is 5.83. The molecule has 0 aliphatic carbocycles. The van der Waals surface area contributed by atoms with Gasteiger partial charge in [0, 0.05) is 24.0 Å². The van der Waals surface area contributed by atoms with Crippen LogP contribution in [0.15, 0.2) is 35.7 Å². The van der Waals surface area contributed by atoms with Gasteiger partial charge in [0.05, 0.1) is 6.04 Å². The van der Waals surface area contributed by atoms with Crippen LogP contribution in [0, 0.1) is 0 Å². The molecule has 2 N–H and O–H groups in total. The Morgan fingerprint density at radius 2 is 2.00 bits per heavy atom. The molecule has 0 fully saturated rings. The number of nitrogens with two attached hydrogens (primary N) is 1. The van der Waals surface area contributed by atoms with E-state index < -0.39 is 0 Å². The molecule has 5 heteroatoms. The van der Waals surface area contributed by atoms with Crippen LogP contribution in [0.25, 0.3) is 0 Å². The van der Waals surface area contributed by atoms with Crippen LogP contribution in [0.5, 0.6) is 0 Å². The lowest BCUT2D eigenvalue weighted by Crippen LogP contribution is -2.38. The number of thiophene rings is 1. The molecule has 2 heterocycles. The van der Waals surface area contributed by atoms with Gasteiger partial charge in [-0.25, -0.2) is 0 Å². The van der Waals surface area contributed by atoms with E-state index in [0.717, 1.165) is 24.2 Å². The van der Waals surface area contributed by atoms with Crippen molar-refractivity contribution in [3.05, 3.63) is 51.7 Å². The van der Waals surface area contributed by atoms with E-state index in [2.05, 4.69) is 11.4 Å². The zero-order valence-corrected chi connectivity index (χ0v) is 12.8. The SMILES string of the molecule is CC(=O)N1CCc2sccc2C1c1ccc(N)cc1.Cl. The summed E-state index contributed by atoms with van der Waals surface area (Å²) < 4.78 is 0. The first-order valence-electron chi connectivity index (χ1n) is 6.35. The van der Waals surface area contributed by atoms with Gasteiger partial charge in [-0.05, 0) is 41.1 Å². The molecule has 0 spiro atoms. The maximum absolute atomic E-state index is 11.9. The van der Waals surface area contributed by atoms with Crippen molar-refractivity contribution in [1.82, 2.24) is 4.90 Å². The normalized spacial score (nSPS) is 17.2. The molecule has 1 atom stereocenters. The van der Waals surface area contributed by atoms with Crippen LogP contribution in [0.4, 0.5) is 5.69 Å². The van der Waals surface area contributed by atoms with E-state index >= 15 is 0 Å². The Balaban J connectivity index is 0.00000147. The lowest BCUT2D eigenvalue weighted by atomic mass is 9.93. The van der Waals surface area contributed by atoms with Crippen molar-refractivity contribution in [3.63, 3.8) is 0 Å². The third-order valence-corrected chi connectivity index (χ3v) is 4.62. The van der Waals surface area contributed by atoms with E-state index in [1.807, 2.05) is 29.2 Å². The summed E-state index contributed by atoms with van der Waals surface area (Å²) in [6.45, 7) is 2.43. The molecule has 2 aromatic rings. The van der Waals surface area contributed by atoms with Gasteiger partial charge in [0.1, 0.15) is 0 Å². The first-order chi connectivity index (χ1) is 9.16. The third-order valence-electron chi connectivity index (χ3n) is 3.62. The van der Waals surface area contributed by atoms with Crippen LogP contribution in [-0.4, -0.2) is 17.4 Å². The minimum absolute atomic E-state index is 0. The molecular formula is C15H17ClN2OS. The zero-order chi connectivity index (χ0) is 13.4. The molecule has 1 amide bonds. The van der Waals surface area contributed by atoms with Gasteiger partial charge in [-0.1, -0.05) is 12.1 Å². The van der Waals surface area contributed by atoms with Crippen LogP contribution in [0.1, 0.15) is 29.0 Å². The van der Waals surface area contributed by atoms with Crippen molar-refractivity contribution in [3.8, 4) is 0 Å². The molecule has 1 unspecified atom stereocenters. The molecule has 0 bridgehead atoms. The maximum Gasteiger partial charge on any atom is 0.220 e. The highest BCUT2D eigenvalue weighted by molar-refractivity contribution is 7.10. The highest BCUT2D eigenvalue weighted by Gasteiger charge is 2.30. The molecule has 1 aliphatic heterocycles. The monoisotopic (exact) mass is 308 g/mol. The molecule has 20 heavy (non-hydrogen) atoms. The Morgan fingerprint density at radius 1 is 1.30 bits per heavy atom. The fourth-order valence-corrected chi connectivity index (χ4v) is 3.60. The minimum atomic E-state index is 0. The Morgan fingerprint density at radius 3 is 2.65 bits per heavy atom. The number of rotatable bonds is 1. The fourth-order valence-electron chi connectivity index (χ4n) is 2.69. The second kappa shape index (κ2) is 5.85. The highest BCUT2D eigenvalue weighted by Crippen LogP contribution is 2.37. The molecule has 1 aliphatic rings. The van der Waals surface area contributed by atoms with E-state index in [1.54, 1.807) is 18.3 Å². The Kier molecular flexibility index (Phi) is 4.35. The van der Waals surface area contributed by atoms with Crippen LogP contribution in [0.3, 0.4) is 0 Å². The van der Waals surface area contributed by atoms with Crippen molar-refractivity contribution in [2.75, 3.05) is 12.3 Å². The molecule has 106 valence electrons. The highest BCUT2D eigenvalue weighted by atomic mass is 35.5. The molecule has 0 saturated heterocycles. The van der Waals surface area contributed by atoms with Gasteiger partial charge in [0.15, 0.2) is 0 Å². The molecule has 0 saturated carbocycles. The summed E-state index contributed by atoms with van der Waals surface area (Å²) >= 11 is 1.78. The average Bonchev–Trinajstić information content (AvgIpc) is 2.86. The number of hydrogen-bond donors (Lipinski definition) is 1. The number of carbonyl (C=O) groups is 1. The van der Waals surface area contributed by atoms with E-state index in [0.29, 0.717) is 0 Å².